The van der Waals surface area contributed by atoms with Crippen molar-refractivity contribution in [2.45, 2.75) is 18.4 Å². The molecule has 108 valence electrons. The quantitative estimate of drug-likeness (QED) is 0.822. The average molecular weight is 298 g/mol. The van der Waals surface area contributed by atoms with Crippen molar-refractivity contribution in [2.24, 2.45) is 7.05 Å². The third-order valence-electron chi connectivity index (χ3n) is 2.76. The monoisotopic (exact) mass is 298 g/mol. The van der Waals surface area contributed by atoms with E-state index in [1.807, 2.05) is 0 Å². The molecule has 0 amide bonds. The Morgan fingerprint density at radius 2 is 2.15 bits per heavy atom. The molecule has 0 aliphatic carbocycles. The number of nitrogen functional groups attached to an aromatic ring is 1. The van der Waals surface area contributed by atoms with Gasteiger partial charge in [-0.05, 0) is 24.6 Å². The predicted octanol–water partition coefficient (Wildman–Crippen LogP) is 0.928. The summed E-state index contributed by atoms with van der Waals surface area (Å²) in [7, 11) is -2.25. The summed E-state index contributed by atoms with van der Waals surface area (Å²) in [4.78, 5) is -0.445. The smallest absolute Gasteiger partial charge is 0.243 e. The van der Waals surface area contributed by atoms with E-state index in [1.54, 1.807) is 17.9 Å². The molecule has 0 spiro atoms. The normalized spacial score (nSPS) is 11.8. The molecule has 0 saturated carbocycles. The number of nitrogens with one attached hydrogen (secondary N) is 1. The fraction of sp³-hybridized carbons (Fsp3) is 0.250. The van der Waals surface area contributed by atoms with Crippen LogP contribution in [0.25, 0.3) is 0 Å². The molecule has 2 rings (SSSR count). The van der Waals surface area contributed by atoms with Crippen LogP contribution in [0.15, 0.2) is 29.4 Å². The molecule has 0 radical (unpaired) electrons. The van der Waals surface area contributed by atoms with E-state index in [1.165, 1.54) is 19.2 Å². The molecule has 1 aromatic carbocycles. The van der Waals surface area contributed by atoms with Gasteiger partial charge in [-0.3, -0.25) is 4.68 Å². The molecule has 3 N–H and O–H groups in total. The average Bonchev–Trinajstić information content (AvgIpc) is 2.77. The maximum Gasteiger partial charge on any atom is 0.243 e. The van der Waals surface area contributed by atoms with Crippen molar-refractivity contribution in [3.8, 4) is 0 Å². The maximum atomic E-state index is 13.9. The molecule has 0 aliphatic rings. The lowest BCUT2D eigenvalue weighted by Crippen LogP contribution is -2.24. The van der Waals surface area contributed by atoms with Crippen molar-refractivity contribution in [3.63, 3.8) is 0 Å². The Morgan fingerprint density at radius 3 is 2.75 bits per heavy atom. The molecule has 8 heteroatoms. The third kappa shape index (κ3) is 2.97. The molecule has 0 unspecified atom stereocenters. The van der Waals surface area contributed by atoms with E-state index in [2.05, 4.69) is 9.82 Å². The van der Waals surface area contributed by atoms with Crippen molar-refractivity contribution in [2.75, 3.05) is 5.73 Å². The first-order chi connectivity index (χ1) is 9.29. The SMILES string of the molecule is Cc1cc(N)cc(S(=O)(=O)NCc2cnn(C)c2)c1F. The second-order valence-electron chi connectivity index (χ2n) is 4.50. The minimum absolute atomic E-state index is 0.0312. The van der Waals surface area contributed by atoms with Crippen molar-refractivity contribution in [1.29, 1.82) is 0 Å². The highest BCUT2D eigenvalue weighted by Crippen LogP contribution is 2.21. The lowest BCUT2D eigenvalue weighted by molar-refractivity contribution is 0.553. The molecule has 20 heavy (non-hydrogen) atoms. The molecule has 1 aromatic heterocycles. The molecular weight excluding hydrogens is 283 g/mol. The van der Waals surface area contributed by atoms with E-state index in [4.69, 9.17) is 5.73 Å². The summed E-state index contributed by atoms with van der Waals surface area (Å²) in [5.41, 5.74) is 6.63. The first kappa shape index (κ1) is 14.5. The predicted molar refractivity (Wildman–Crippen MR) is 72.8 cm³/mol. The Morgan fingerprint density at radius 1 is 1.45 bits per heavy atom. The molecule has 0 aliphatic heterocycles. The van der Waals surface area contributed by atoms with Crippen molar-refractivity contribution in [3.05, 3.63) is 41.5 Å². The minimum Gasteiger partial charge on any atom is -0.399 e. The van der Waals surface area contributed by atoms with Gasteiger partial charge in [0.25, 0.3) is 0 Å². The number of halogens is 1. The van der Waals surface area contributed by atoms with Gasteiger partial charge >= 0.3 is 0 Å². The summed E-state index contributed by atoms with van der Waals surface area (Å²) in [6.07, 6.45) is 3.20. The lowest BCUT2D eigenvalue weighted by atomic mass is 10.2. The molecule has 0 fully saturated rings. The number of anilines is 1. The fourth-order valence-corrected chi connectivity index (χ4v) is 2.98. The van der Waals surface area contributed by atoms with Gasteiger partial charge in [0.05, 0.1) is 6.20 Å². The number of sulfonamides is 1. The van der Waals surface area contributed by atoms with Gasteiger partial charge < -0.3 is 5.73 Å². The Labute approximate surface area is 116 Å². The Hall–Kier alpha value is -1.93. The molecule has 0 bridgehead atoms. The van der Waals surface area contributed by atoms with E-state index in [9.17, 15) is 12.8 Å². The number of hydrogen-bond acceptors (Lipinski definition) is 4. The first-order valence-electron chi connectivity index (χ1n) is 5.82. The van der Waals surface area contributed by atoms with Crippen LogP contribution >= 0.6 is 0 Å². The highest BCUT2D eigenvalue weighted by molar-refractivity contribution is 7.89. The number of rotatable bonds is 4. The van der Waals surface area contributed by atoms with Gasteiger partial charge in [0.15, 0.2) is 0 Å². The van der Waals surface area contributed by atoms with Crippen LogP contribution in [0.2, 0.25) is 0 Å². The fourth-order valence-electron chi connectivity index (χ4n) is 1.78. The Balaban J connectivity index is 2.27. The van der Waals surface area contributed by atoms with E-state index < -0.39 is 20.7 Å². The number of aromatic nitrogens is 2. The molecule has 6 nitrogen and oxygen atoms in total. The van der Waals surface area contributed by atoms with E-state index >= 15 is 0 Å². The molecule has 0 atom stereocenters. The van der Waals surface area contributed by atoms with Crippen LogP contribution in [-0.4, -0.2) is 18.2 Å². The van der Waals surface area contributed by atoms with Gasteiger partial charge in [-0.15, -0.1) is 0 Å². The summed E-state index contributed by atoms with van der Waals surface area (Å²) in [5.74, 6) is -0.794. The van der Waals surface area contributed by atoms with Gasteiger partial charge in [0.2, 0.25) is 10.0 Å². The number of nitrogens with zero attached hydrogens (tertiary/aromatic N) is 2. The van der Waals surface area contributed by atoms with Gasteiger partial charge in [-0.1, -0.05) is 0 Å². The second-order valence-corrected chi connectivity index (χ2v) is 6.23. The van der Waals surface area contributed by atoms with Crippen LogP contribution in [0.3, 0.4) is 0 Å². The van der Waals surface area contributed by atoms with E-state index in [0.717, 1.165) is 6.07 Å². The first-order valence-corrected chi connectivity index (χ1v) is 7.31. The highest BCUT2D eigenvalue weighted by atomic mass is 32.2. The van der Waals surface area contributed by atoms with Crippen LogP contribution in [0, 0.1) is 12.7 Å². The summed E-state index contributed by atoms with van der Waals surface area (Å²) in [6, 6.07) is 2.49. The molecule has 0 saturated heterocycles. The Bertz CT molecular complexity index is 740. The maximum absolute atomic E-state index is 13.9. The number of nitrogens with two attached hydrogens (primary N) is 1. The zero-order valence-corrected chi connectivity index (χ0v) is 11.9. The highest BCUT2D eigenvalue weighted by Gasteiger charge is 2.21. The molecule has 1 heterocycles. The summed E-state index contributed by atoms with van der Waals surface area (Å²) >= 11 is 0. The largest absolute Gasteiger partial charge is 0.399 e. The van der Waals surface area contributed by atoms with Gasteiger partial charge in [0, 0.05) is 31.0 Å². The van der Waals surface area contributed by atoms with Crippen LogP contribution in [0.5, 0.6) is 0 Å². The van der Waals surface area contributed by atoms with Crippen LogP contribution in [-0.2, 0) is 23.6 Å². The number of benzene rings is 1. The third-order valence-corrected chi connectivity index (χ3v) is 4.16. The van der Waals surface area contributed by atoms with Crippen molar-refractivity contribution < 1.29 is 12.8 Å². The molecule has 2 aromatic rings. The summed E-state index contributed by atoms with van der Waals surface area (Å²) in [6.45, 7) is 1.50. The zero-order chi connectivity index (χ0) is 14.9. The Kier molecular flexibility index (Phi) is 3.78. The summed E-state index contributed by atoms with van der Waals surface area (Å²) < 4.78 is 42.0. The van der Waals surface area contributed by atoms with Crippen molar-refractivity contribution >= 4 is 15.7 Å². The second kappa shape index (κ2) is 5.22. The van der Waals surface area contributed by atoms with Crippen LogP contribution in [0.4, 0.5) is 10.1 Å². The van der Waals surface area contributed by atoms with E-state index in [-0.39, 0.29) is 17.8 Å². The number of aryl methyl sites for hydroxylation is 2. The van der Waals surface area contributed by atoms with Gasteiger partial charge in [-0.2, -0.15) is 5.10 Å². The van der Waals surface area contributed by atoms with Crippen LogP contribution < -0.4 is 10.5 Å². The standard InChI is InChI=1S/C12H15FN4O2S/c1-8-3-10(14)4-11(12(8)13)20(18,19)16-6-9-5-15-17(2)7-9/h3-5,7,16H,6,14H2,1-2H3. The lowest BCUT2D eigenvalue weighted by Gasteiger charge is -2.09. The topological polar surface area (TPSA) is 90.0 Å². The van der Waals surface area contributed by atoms with Gasteiger partial charge in [0.1, 0.15) is 10.7 Å². The zero-order valence-electron chi connectivity index (χ0n) is 11.1. The van der Waals surface area contributed by atoms with Gasteiger partial charge in [-0.25, -0.2) is 17.5 Å². The minimum atomic E-state index is -3.97. The van der Waals surface area contributed by atoms with Crippen LogP contribution in [0.1, 0.15) is 11.1 Å². The summed E-state index contributed by atoms with van der Waals surface area (Å²) in [5, 5.41) is 3.92. The van der Waals surface area contributed by atoms with E-state index in [0.29, 0.717) is 5.56 Å². The molecular formula is C12H15FN4O2S. The van der Waals surface area contributed by atoms with Crippen molar-refractivity contribution in [1.82, 2.24) is 14.5 Å². The number of hydrogen-bond donors (Lipinski definition) is 2.